The van der Waals surface area contributed by atoms with Crippen LogP contribution in [-0.2, 0) is 34.8 Å². The number of benzene rings is 1. The number of ketones is 1. The summed E-state index contributed by atoms with van der Waals surface area (Å²) >= 11 is 0. The van der Waals surface area contributed by atoms with Crippen LogP contribution in [-0.4, -0.2) is 45.2 Å². The molecule has 7 nitrogen and oxygen atoms in total. The van der Waals surface area contributed by atoms with Gasteiger partial charge in [-0.05, 0) is 37.0 Å². The molecule has 1 aliphatic carbocycles. The van der Waals surface area contributed by atoms with Crippen molar-refractivity contribution in [2.75, 3.05) is 27.4 Å². The van der Waals surface area contributed by atoms with Crippen LogP contribution >= 0.6 is 0 Å². The lowest BCUT2D eigenvalue weighted by Gasteiger charge is -2.38. The van der Waals surface area contributed by atoms with Gasteiger partial charge < -0.3 is 19.5 Å². The van der Waals surface area contributed by atoms with Gasteiger partial charge in [-0.2, -0.15) is 13.2 Å². The maximum Gasteiger partial charge on any atom is 0.416 e. The van der Waals surface area contributed by atoms with Crippen molar-refractivity contribution in [1.82, 2.24) is 5.32 Å². The van der Waals surface area contributed by atoms with Crippen LogP contribution in [0.4, 0.5) is 13.2 Å². The minimum atomic E-state index is -4.54. The van der Waals surface area contributed by atoms with E-state index >= 15 is 0 Å². The molecule has 3 unspecified atom stereocenters. The Hall–Kier alpha value is -3.14. The molecule has 2 aliphatic rings. The molecule has 184 valence electrons. The highest BCUT2D eigenvalue weighted by molar-refractivity contribution is 6.12. The third kappa shape index (κ3) is 4.86. The van der Waals surface area contributed by atoms with Gasteiger partial charge in [0.2, 0.25) is 0 Å². The number of carbonyl (C=O) groups excluding carboxylic acids is 3. The van der Waals surface area contributed by atoms with Gasteiger partial charge in [-0.15, -0.1) is 0 Å². The Balaban J connectivity index is 2.13. The molecule has 1 aromatic rings. The minimum Gasteiger partial charge on any atom is -0.468 e. The van der Waals surface area contributed by atoms with Gasteiger partial charge in [0.15, 0.2) is 5.78 Å². The van der Waals surface area contributed by atoms with Gasteiger partial charge in [0.25, 0.3) is 0 Å². The Morgan fingerprint density at radius 2 is 1.76 bits per heavy atom. The van der Waals surface area contributed by atoms with Crippen molar-refractivity contribution in [3.05, 3.63) is 57.9 Å². The molecule has 0 amide bonds. The SMILES string of the molecule is COCCOC(=O)C1=C(C)NC2=C(C(=O)C(C(=O)OC)C(C)C2)C1c1ccc(C(F)(F)F)cc1. The summed E-state index contributed by atoms with van der Waals surface area (Å²) in [5.41, 5.74) is 0.613. The van der Waals surface area contributed by atoms with E-state index in [2.05, 4.69) is 5.32 Å². The lowest BCUT2D eigenvalue weighted by atomic mass is 9.69. The first-order valence-electron chi connectivity index (χ1n) is 10.7. The van der Waals surface area contributed by atoms with Crippen LogP contribution in [0.2, 0.25) is 0 Å². The molecule has 1 heterocycles. The number of rotatable bonds is 6. The Kier molecular flexibility index (Phi) is 7.50. The fourth-order valence-electron chi connectivity index (χ4n) is 4.44. The number of hydrogen-bond acceptors (Lipinski definition) is 7. The van der Waals surface area contributed by atoms with Crippen LogP contribution in [0.1, 0.15) is 37.3 Å². The van der Waals surface area contributed by atoms with E-state index in [-0.39, 0.29) is 30.3 Å². The molecule has 0 bridgehead atoms. The zero-order valence-electron chi connectivity index (χ0n) is 19.2. The van der Waals surface area contributed by atoms with E-state index in [0.717, 1.165) is 12.1 Å². The molecule has 0 spiro atoms. The predicted octanol–water partition coefficient (Wildman–Crippen LogP) is 3.51. The Morgan fingerprint density at radius 3 is 2.32 bits per heavy atom. The van der Waals surface area contributed by atoms with E-state index in [1.54, 1.807) is 13.8 Å². The smallest absolute Gasteiger partial charge is 0.416 e. The summed E-state index contributed by atoms with van der Waals surface area (Å²) < 4.78 is 54.4. The Labute approximate surface area is 194 Å². The summed E-state index contributed by atoms with van der Waals surface area (Å²) in [5.74, 6) is -4.45. The van der Waals surface area contributed by atoms with Gasteiger partial charge in [0, 0.05) is 30.0 Å². The van der Waals surface area contributed by atoms with E-state index < -0.39 is 41.3 Å². The first-order valence-corrected chi connectivity index (χ1v) is 10.7. The highest BCUT2D eigenvalue weighted by Gasteiger charge is 2.47. The molecule has 1 N–H and O–H groups in total. The van der Waals surface area contributed by atoms with Crippen LogP contribution < -0.4 is 5.32 Å². The van der Waals surface area contributed by atoms with Crippen molar-refractivity contribution in [3.8, 4) is 0 Å². The maximum atomic E-state index is 13.5. The molecule has 0 fully saturated rings. The van der Waals surface area contributed by atoms with Crippen LogP contribution in [0.5, 0.6) is 0 Å². The van der Waals surface area contributed by atoms with Gasteiger partial charge in [0.05, 0.1) is 24.9 Å². The molecule has 0 radical (unpaired) electrons. The summed E-state index contributed by atoms with van der Waals surface area (Å²) in [5, 5.41) is 3.09. The van der Waals surface area contributed by atoms with Crippen molar-refractivity contribution in [1.29, 1.82) is 0 Å². The molecule has 0 saturated carbocycles. The monoisotopic (exact) mass is 481 g/mol. The summed E-state index contributed by atoms with van der Waals surface area (Å²) in [6, 6.07) is 4.26. The van der Waals surface area contributed by atoms with E-state index in [4.69, 9.17) is 14.2 Å². The number of ether oxygens (including phenoxy) is 3. The molecule has 3 atom stereocenters. The van der Waals surface area contributed by atoms with Crippen LogP contribution in [0.25, 0.3) is 0 Å². The number of dihydropyridines is 1. The second-order valence-corrected chi connectivity index (χ2v) is 8.28. The number of esters is 2. The van der Waals surface area contributed by atoms with Crippen molar-refractivity contribution in [3.63, 3.8) is 0 Å². The van der Waals surface area contributed by atoms with Gasteiger partial charge >= 0.3 is 18.1 Å². The number of Topliss-reactive ketones (excluding diaryl/α,β-unsaturated/α-hetero) is 1. The predicted molar refractivity (Wildman–Crippen MR) is 114 cm³/mol. The van der Waals surface area contributed by atoms with Crippen molar-refractivity contribution in [2.45, 2.75) is 32.4 Å². The first kappa shape index (κ1) is 25.5. The average molecular weight is 481 g/mol. The highest BCUT2D eigenvalue weighted by Crippen LogP contribution is 2.45. The largest absolute Gasteiger partial charge is 0.468 e. The number of halogens is 3. The quantitative estimate of drug-likeness (QED) is 0.378. The number of methoxy groups -OCH3 is 2. The summed E-state index contributed by atoms with van der Waals surface area (Å²) in [6.07, 6.45) is -4.22. The van der Waals surface area contributed by atoms with Gasteiger partial charge in [-0.3, -0.25) is 9.59 Å². The summed E-state index contributed by atoms with van der Waals surface area (Å²) in [7, 11) is 2.62. The minimum absolute atomic E-state index is 0.0481. The van der Waals surface area contributed by atoms with Crippen molar-refractivity contribution >= 4 is 17.7 Å². The first-order chi connectivity index (χ1) is 16.0. The zero-order valence-corrected chi connectivity index (χ0v) is 19.2. The number of hydrogen-bond donors (Lipinski definition) is 1. The van der Waals surface area contributed by atoms with E-state index in [9.17, 15) is 27.6 Å². The standard InChI is InChI=1S/C24H26F3NO6/c1-12-11-16-20(21(29)17(12)22(30)33-4)19(14-5-7-15(8-6-14)24(25,26)27)18(13(2)28-16)23(31)34-10-9-32-3/h5-8,12,17,19,28H,9-11H2,1-4H3. The Morgan fingerprint density at radius 1 is 1.12 bits per heavy atom. The molecule has 0 aromatic heterocycles. The zero-order chi connectivity index (χ0) is 25.2. The number of allylic oxidation sites excluding steroid dienone is 3. The second kappa shape index (κ2) is 10.0. The molecule has 3 rings (SSSR count). The molecular formula is C24H26F3NO6. The fourth-order valence-corrected chi connectivity index (χ4v) is 4.44. The van der Waals surface area contributed by atoms with Crippen molar-refractivity contribution < 1.29 is 41.8 Å². The van der Waals surface area contributed by atoms with Crippen LogP contribution in [0, 0.1) is 11.8 Å². The lowest BCUT2D eigenvalue weighted by Crippen LogP contribution is -2.43. The summed E-state index contributed by atoms with van der Waals surface area (Å²) in [6.45, 7) is 3.47. The van der Waals surface area contributed by atoms with E-state index in [1.165, 1.54) is 26.4 Å². The molecular weight excluding hydrogens is 455 g/mol. The average Bonchev–Trinajstić information content (AvgIpc) is 2.77. The molecule has 1 aliphatic heterocycles. The molecule has 10 heteroatoms. The summed E-state index contributed by atoms with van der Waals surface area (Å²) in [4.78, 5) is 39.0. The Bertz CT molecular complexity index is 1040. The third-order valence-electron chi connectivity index (χ3n) is 6.05. The van der Waals surface area contributed by atoms with Crippen LogP contribution in [0.3, 0.4) is 0 Å². The number of carbonyl (C=O) groups is 3. The number of nitrogens with one attached hydrogen (secondary N) is 1. The second-order valence-electron chi connectivity index (χ2n) is 8.28. The lowest BCUT2D eigenvalue weighted by molar-refractivity contribution is -0.151. The van der Waals surface area contributed by atoms with E-state index in [0.29, 0.717) is 23.4 Å². The highest BCUT2D eigenvalue weighted by atomic mass is 19.4. The normalized spacial score (nSPS) is 22.8. The molecule has 34 heavy (non-hydrogen) atoms. The van der Waals surface area contributed by atoms with Crippen LogP contribution in [0.15, 0.2) is 46.8 Å². The van der Waals surface area contributed by atoms with Gasteiger partial charge in [-0.1, -0.05) is 19.1 Å². The van der Waals surface area contributed by atoms with E-state index in [1.807, 2.05) is 0 Å². The number of alkyl halides is 3. The molecule has 0 saturated heterocycles. The molecule has 1 aromatic carbocycles. The topological polar surface area (TPSA) is 90.9 Å². The maximum absolute atomic E-state index is 13.5. The van der Waals surface area contributed by atoms with Gasteiger partial charge in [0.1, 0.15) is 12.5 Å². The fraction of sp³-hybridized carbons (Fsp3) is 0.458. The van der Waals surface area contributed by atoms with Gasteiger partial charge in [-0.25, -0.2) is 4.79 Å². The van der Waals surface area contributed by atoms with Crippen molar-refractivity contribution in [2.24, 2.45) is 11.8 Å². The third-order valence-corrected chi connectivity index (χ3v) is 6.05.